The minimum Gasteiger partial charge on any atom is -0.485 e. The van der Waals surface area contributed by atoms with Gasteiger partial charge in [-0.05, 0) is 44.4 Å². The highest BCUT2D eigenvalue weighted by atomic mass is 32.2. The Balaban J connectivity index is 1.52. The number of nitrogens with zero attached hydrogens (tertiary/aromatic N) is 3. The Morgan fingerprint density at radius 1 is 1.29 bits per heavy atom. The zero-order chi connectivity index (χ0) is 17.0. The Kier molecular flexibility index (Phi) is 5.61. The Bertz CT molecular complexity index is 644. The van der Waals surface area contributed by atoms with Crippen LogP contribution >= 0.6 is 0 Å². The summed E-state index contributed by atoms with van der Waals surface area (Å²) < 4.78 is 28.7. The number of rotatable bonds is 7. The zero-order valence-electron chi connectivity index (χ0n) is 14.4. The maximum absolute atomic E-state index is 11.2. The van der Waals surface area contributed by atoms with Crippen molar-refractivity contribution >= 4 is 15.7 Å². The number of ether oxygens (including phenoxy) is 1. The van der Waals surface area contributed by atoms with Gasteiger partial charge < -0.3 is 9.64 Å². The van der Waals surface area contributed by atoms with Gasteiger partial charge >= 0.3 is 0 Å². The summed E-state index contributed by atoms with van der Waals surface area (Å²) in [6.45, 7) is 4.75. The molecule has 1 atom stereocenters. The first-order chi connectivity index (χ1) is 11.5. The molecule has 3 heterocycles. The van der Waals surface area contributed by atoms with E-state index in [2.05, 4.69) is 14.8 Å². The fourth-order valence-electron chi connectivity index (χ4n) is 3.47. The number of sulfone groups is 1. The monoisotopic (exact) mass is 353 g/mol. The molecule has 3 rings (SSSR count). The highest BCUT2D eigenvalue weighted by Crippen LogP contribution is 2.30. The van der Waals surface area contributed by atoms with Gasteiger partial charge in [-0.25, -0.2) is 13.4 Å². The molecular weight excluding hydrogens is 326 g/mol. The summed E-state index contributed by atoms with van der Waals surface area (Å²) >= 11 is 0. The lowest BCUT2D eigenvalue weighted by atomic mass is 10.3. The molecule has 2 fully saturated rings. The molecule has 2 saturated heterocycles. The molecule has 0 saturated carbocycles. The molecule has 1 unspecified atom stereocenters. The van der Waals surface area contributed by atoms with E-state index in [9.17, 15) is 8.42 Å². The van der Waals surface area contributed by atoms with Gasteiger partial charge in [-0.2, -0.15) is 0 Å². The van der Waals surface area contributed by atoms with E-state index in [1.54, 1.807) is 0 Å². The molecule has 0 aliphatic carbocycles. The van der Waals surface area contributed by atoms with E-state index < -0.39 is 9.84 Å². The lowest BCUT2D eigenvalue weighted by Gasteiger charge is -2.22. The summed E-state index contributed by atoms with van der Waals surface area (Å²) in [7, 11) is -2.86. The number of likely N-dealkylation sites (tertiary alicyclic amines) is 1. The highest BCUT2D eigenvalue weighted by Gasteiger charge is 2.26. The average Bonchev–Trinajstić information content (AvgIpc) is 3.18. The molecule has 0 amide bonds. The summed E-state index contributed by atoms with van der Waals surface area (Å²) in [5.41, 5.74) is 0. The first-order valence-electron chi connectivity index (χ1n) is 8.78. The van der Waals surface area contributed by atoms with E-state index >= 15 is 0 Å². The zero-order valence-corrected chi connectivity index (χ0v) is 15.2. The third kappa shape index (κ3) is 4.83. The fraction of sp³-hybridized carbons (Fsp3) is 0.706. The normalized spacial score (nSPS) is 22.2. The first-order valence-corrected chi connectivity index (χ1v) is 10.8. The molecule has 134 valence electrons. The van der Waals surface area contributed by atoms with Crippen LogP contribution in [0.1, 0.15) is 25.7 Å². The molecule has 2 aliphatic heterocycles. The predicted octanol–water partition coefficient (Wildman–Crippen LogP) is 1.57. The van der Waals surface area contributed by atoms with Gasteiger partial charge in [-0.1, -0.05) is 0 Å². The molecule has 0 spiro atoms. The minimum absolute atomic E-state index is 0.161. The molecule has 6 nitrogen and oxygen atoms in total. The molecule has 24 heavy (non-hydrogen) atoms. The second-order valence-corrected chi connectivity index (χ2v) is 9.09. The van der Waals surface area contributed by atoms with E-state index in [1.807, 2.05) is 18.3 Å². The van der Waals surface area contributed by atoms with Crippen molar-refractivity contribution in [3.63, 3.8) is 0 Å². The van der Waals surface area contributed by atoms with Crippen LogP contribution in [0, 0.1) is 0 Å². The second kappa shape index (κ2) is 7.70. The van der Waals surface area contributed by atoms with Crippen molar-refractivity contribution in [2.24, 2.45) is 0 Å². The SMILES string of the molecule is CS(=O)(=O)CCCN1CCC(Oc2cccnc2N2CCCC2)C1. The minimum atomic E-state index is -2.86. The fourth-order valence-corrected chi connectivity index (χ4v) is 4.12. The van der Waals surface area contributed by atoms with Crippen molar-refractivity contribution < 1.29 is 13.2 Å². The van der Waals surface area contributed by atoms with Crippen LogP contribution in [-0.4, -0.2) is 69.1 Å². The van der Waals surface area contributed by atoms with Crippen molar-refractivity contribution in [2.45, 2.75) is 31.8 Å². The quantitative estimate of drug-likeness (QED) is 0.741. The number of anilines is 1. The van der Waals surface area contributed by atoms with Gasteiger partial charge in [-0.3, -0.25) is 4.90 Å². The van der Waals surface area contributed by atoms with E-state index in [0.29, 0.717) is 6.42 Å². The molecular formula is C17H27N3O3S. The summed E-state index contributed by atoms with van der Waals surface area (Å²) in [6, 6.07) is 3.93. The molecule has 0 bridgehead atoms. The standard InChI is InChI=1S/C17H27N3O3S/c1-24(21,22)13-5-9-19-12-7-15(14-19)23-16-6-4-8-18-17(16)20-10-2-3-11-20/h4,6,8,15H,2-3,5,7,9-14H2,1H3. The van der Waals surface area contributed by atoms with Crippen molar-refractivity contribution in [3.8, 4) is 5.75 Å². The van der Waals surface area contributed by atoms with Crippen LogP contribution in [0.4, 0.5) is 5.82 Å². The number of hydrogen-bond donors (Lipinski definition) is 0. The first kappa shape index (κ1) is 17.5. The van der Waals surface area contributed by atoms with Gasteiger partial charge in [0, 0.05) is 38.6 Å². The lowest BCUT2D eigenvalue weighted by molar-refractivity contribution is 0.200. The summed E-state index contributed by atoms with van der Waals surface area (Å²) in [5, 5.41) is 0. The summed E-state index contributed by atoms with van der Waals surface area (Å²) in [6.07, 6.45) is 7.39. The molecule has 0 N–H and O–H groups in total. The topological polar surface area (TPSA) is 62.7 Å². The molecule has 2 aliphatic rings. The summed E-state index contributed by atoms with van der Waals surface area (Å²) in [5.74, 6) is 2.10. The maximum Gasteiger partial charge on any atom is 0.171 e. The van der Waals surface area contributed by atoms with E-state index in [1.165, 1.54) is 19.1 Å². The van der Waals surface area contributed by atoms with E-state index in [0.717, 1.165) is 50.7 Å². The second-order valence-electron chi connectivity index (χ2n) is 6.83. The van der Waals surface area contributed by atoms with Gasteiger partial charge in [0.15, 0.2) is 11.6 Å². The van der Waals surface area contributed by atoms with Gasteiger partial charge in [0.1, 0.15) is 15.9 Å². The Labute approximate surface area is 144 Å². The van der Waals surface area contributed by atoms with Crippen LogP contribution in [0.2, 0.25) is 0 Å². The van der Waals surface area contributed by atoms with E-state index in [-0.39, 0.29) is 11.9 Å². The van der Waals surface area contributed by atoms with Crippen molar-refractivity contribution in [1.82, 2.24) is 9.88 Å². The van der Waals surface area contributed by atoms with Gasteiger partial charge in [0.05, 0.1) is 5.75 Å². The third-order valence-corrected chi connectivity index (χ3v) is 5.70. The van der Waals surface area contributed by atoms with Crippen LogP contribution in [-0.2, 0) is 9.84 Å². The largest absolute Gasteiger partial charge is 0.485 e. The Hall–Kier alpha value is -1.34. The Morgan fingerprint density at radius 2 is 2.08 bits per heavy atom. The van der Waals surface area contributed by atoms with Crippen molar-refractivity contribution in [1.29, 1.82) is 0 Å². The maximum atomic E-state index is 11.2. The highest BCUT2D eigenvalue weighted by molar-refractivity contribution is 7.90. The summed E-state index contributed by atoms with van der Waals surface area (Å²) in [4.78, 5) is 9.11. The smallest absolute Gasteiger partial charge is 0.171 e. The van der Waals surface area contributed by atoms with Gasteiger partial charge in [0.25, 0.3) is 0 Å². The third-order valence-electron chi connectivity index (χ3n) is 4.67. The molecule has 1 aromatic heterocycles. The van der Waals surface area contributed by atoms with E-state index in [4.69, 9.17) is 4.74 Å². The van der Waals surface area contributed by atoms with Crippen molar-refractivity contribution in [2.75, 3.05) is 49.6 Å². The van der Waals surface area contributed by atoms with Gasteiger partial charge in [0.2, 0.25) is 0 Å². The predicted molar refractivity (Wildman–Crippen MR) is 95.5 cm³/mol. The van der Waals surface area contributed by atoms with Crippen LogP contribution < -0.4 is 9.64 Å². The van der Waals surface area contributed by atoms with Crippen LogP contribution in [0.5, 0.6) is 5.75 Å². The lowest BCUT2D eigenvalue weighted by Crippen LogP contribution is -2.27. The Morgan fingerprint density at radius 3 is 2.83 bits per heavy atom. The van der Waals surface area contributed by atoms with Crippen LogP contribution in [0.25, 0.3) is 0 Å². The molecule has 0 radical (unpaired) electrons. The number of aromatic nitrogens is 1. The molecule has 7 heteroatoms. The molecule has 0 aromatic carbocycles. The van der Waals surface area contributed by atoms with Crippen molar-refractivity contribution in [3.05, 3.63) is 18.3 Å². The van der Waals surface area contributed by atoms with Crippen LogP contribution in [0.3, 0.4) is 0 Å². The molecule has 1 aromatic rings. The average molecular weight is 353 g/mol. The van der Waals surface area contributed by atoms with Gasteiger partial charge in [-0.15, -0.1) is 0 Å². The van der Waals surface area contributed by atoms with Crippen LogP contribution in [0.15, 0.2) is 18.3 Å². The number of pyridine rings is 1. The number of hydrogen-bond acceptors (Lipinski definition) is 6.